The summed E-state index contributed by atoms with van der Waals surface area (Å²) in [5, 5.41) is 0.640. The van der Waals surface area contributed by atoms with Crippen LogP contribution in [-0.4, -0.2) is 76.8 Å². The molecule has 2 saturated heterocycles. The summed E-state index contributed by atoms with van der Waals surface area (Å²) < 4.78 is 11.7. The largest absolute Gasteiger partial charge is 0.489 e. The predicted molar refractivity (Wildman–Crippen MR) is 142 cm³/mol. The Balaban J connectivity index is 1.23. The van der Waals surface area contributed by atoms with E-state index in [1.807, 2.05) is 45.3 Å². The van der Waals surface area contributed by atoms with Crippen LogP contribution in [0.15, 0.2) is 30.6 Å². The number of piperidine rings is 1. The van der Waals surface area contributed by atoms with Gasteiger partial charge in [0, 0.05) is 71.0 Å². The van der Waals surface area contributed by atoms with Crippen molar-refractivity contribution in [1.82, 2.24) is 19.8 Å². The summed E-state index contributed by atoms with van der Waals surface area (Å²) in [5.41, 5.74) is 1.82. The van der Waals surface area contributed by atoms with Crippen molar-refractivity contribution < 1.29 is 14.3 Å². The fourth-order valence-corrected chi connectivity index (χ4v) is 4.71. The van der Waals surface area contributed by atoms with Gasteiger partial charge in [0.2, 0.25) is 5.95 Å². The predicted octanol–water partition coefficient (Wildman–Crippen LogP) is 4.79. The highest BCUT2D eigenvalue weighted by atomic mass is 35.5. The van der Waals surface area contributed by atoms with Crippen molar-refractivity contribution >= 4 is 23.6 Å². The molecule has 196 valence electrons. The van der Waals surface area contributed by atoms with Crippen LogP contribution in [0.1, 0.15) is 51.7 Å². The van der Waals surface area contributed by atoms with Crippen LogP contribution in [0.4, 0.5) is 10.7 Å². The number of ether oxygens (including phenoxy) is 2. The SMILES string of the molecule is CCc1cnc(N2CCC(Oc3ccc(CN4CCN(C(=O)OC(C)(C)C)CC4)cc3Cl)CC2)nc1. The number of amides is 1. The zero-order valence-electron chi connectivity index (χ0n) is 21.9. The lowest BCUT2D eigenvalue weighted by atomic mass is 10.1. The summed E-state index contributed by atoms with van der Waals surface area (Å²) in [6, 6.07) is 6.06. The minimum atomic E-state index is -0.471. The van der Waals surface area contributed by atoms with Crippen molar-refractivity contribution in [3.05, 3.63) is 46.7 Å². The Labute approximate surface area is 219 Å². The summed E-state index contributed by atoms with van der Waals surface area (Å²) in [5.74, 6) is 1.53. The lowest BCUT2D eigenvalue weighted by Crippen LogP contribution is -2.49. The molecule has 36 heavy (non-hydrogen) atoms. The molecule has 0 radical (unpaired) electrons. The quantitative estimate of drug-likeness (QED) is 0.547. The second-order valence-electron chi connectivity index (χ2n) is 10.6. The zero-order valence-corrected chi connectivity index (χ0v) is 22.6. The number of nitrogens with zero attached hydrogens (tertiary/aromatic N) is 5. The summed E-state index contributed by atoms with van der Waals surface area (Å²) in [6.45, 7) is 13.2. The Morgan fingerprint density at radius 2 is 1.69 bits per heavy atom. The van der Waals surface area contributed by atoms with Crippen molar-refractivity contribution in [2.24, 2.45) is 0 Å². The Hall–Kier alpha value is -2.58. The first-order chi connectivity index (χ1) is 17.2. The fourth-order valence-electron chi connectivity index (χ4n) is 4.46. The number of carbonyl (C=O) groups is 1. The Morgan fingerprint density at radius 3 is 2.28 bits per heavy atom. The molecule has 2 aliphatic rings. The van der Waals surface area contributed by atoms with E-state index in [4.69, 9.17) is 21.1 Å². The number of aromatic nitrogens is 2. The second kappa shape index (κ2) is 11.6. The van der Waals surface area contributed by atoms with Gasteiger partial charge in [-0.1, -0.05) is 24.6 Å². The molecule has 0 aliphatic carbocycles. The van der Waals surface area contributed by atoms with Gasteiger partial charge >= 0.3 is 6.09 Å². The van der Waals surface area contributed by atoms with Crippen LogP contribution in [-0.2, 0) is 17.7 Å². The highest BCUT2D eigenvalue weighted by Crippen LogP contribution is 2.29. The first-order valence-electron chi connectivity index (χ1n) is 12.9. The van der Waals surface area contributed by atoms with Crippen molar-refractivity contribution in [2.75, 3.05) is 44.2 Å². The van der Waals surface area contributed by atoms with E-state index in [1.54, 1.807) is 4.90 Å². The van der Waals surface area contributed by atoms with E-state index in [0.717, 1.165) is 74.8 Å². The number of hydrogen-bond acceptors (Lipinski definition) is 7. The van der Waals surface area contributed by atoms with Crippen LogP contribution in [0, 0.1) is 0 Å². The zero-order chi connectivity index (χ0) is 25.7. The lowest BCUT2D eigenvalue weighted by Gasteiger charge is -2.35. The molecule has 0 N–H and O–H groups in total. The van der Waals surface area contributed by atoms with Gasteiger partial charge in [-0.05, 0) is 50.5 Å². The number of anilines is 1. The average molecular weight is 516 g/mol. The third-order valence-electron chi connectivity index (χ3n) is 6.54. The number of piperazine rings is 1. The van der Waals surface area contributed by atoms with E-state index in [-0.39, 0.29) is 12.2 Å². The maximum atomic E-state index is 12.3. The first-order valence-corrected chi connectivity index (χ1v) is 13.3. The molecular formula is C27H38ClN5O3. The maximum absolute atomic E-state index is 12.3. The molecule has 2 aromatic rings. The van der Waals surface area contributed by atoms with Gasteiger partial charge in [0.25, 0.3) is 0 Å². The van der Waals surface area contributed by atoms with Crippen LogP contribution in [0.5, 0.6) is 5.75 Å². The maximum Gasteiger partial charge on any atom is 0.410 e. The second-order valence-corrected chi connectivity index (χ2v) is 11.0. The fraction of sp³-hybridized carbons (Fsp3) is 0.593. The molecule has 4 rings (SSSR count). The highest BCUT2D eigenvalue weighted by Gasteiger charge is 2.26. The molecule has 0 saturated carbocycles. The van der Waals surface area contributed by atoms with Crippen LogP contribution >= 0.6 is 11.6 Å². The molecule has 1 aromatic carbocycles. The molecule has 1 aromatic heterocycles. The topological polar surface area (TPSA) is 71.0 Å². The molecule has 9 heteroatoms. The Kier molecular flexibility index (Phi) is 8.57. The summed E-state index contributed by atoms with van der Waals surface area (Å²) in [6.07, 6.45) is 6.46. The lowest BCUT2D eigenvalue weighted by molar-refractivity contribution is 0.0139. The molecule has 8 nitrogen and oxygen atoms in total. The number of benzene rings is 1. The number of carbonyl (C=O) groups excluding carboxylic acids is 1. The molecule has 2 aliphatic heterocycles. The third kappa shape index (κ3) is 7.23. The molecule has 0 atom stereocenters. The van der Waals surface area contributed by atoms with Gasteiger partial charge in [0.1, 0.15) is 17.5 Å². The molecule has 3 heterocycles. The molecule has 1 amide bonds. The summed E-state index contributed by atoms with van der Waals surface area (Å²) >= 11 is 6.60. The molecular weight excluding hydrogens is 478 g/mol. The van der Waals surface area contributed by atoms with Gasteiger partial charge < -0.3 is 19.3 Å². The van der Waals surface area contributed by atoms with E-state index < -0.39 is 5.60 Å². The van der Waals surface area contributed by atoms with E-state index in [0.29, 0.717) is 18.1 Å². The van der Waals surface area contributed by atoms with E-state index in [1.165, 1.54) is 0 Å². The van der Waals surface area contributed by atoms with Gasteiger partial charge in [-0.15, -0.1) is 0 Å². The Bertz CT molecular complexity index is 1010. The summed E-state index contributed by atoms with van der Waals surface area (Å²) in [4.78, 5) is 27.6. The molecule has 0 bridgehead atoms. The van der Waals surface area contributed by atoms with Gasteiger partial charge in [-0.3, -0.25) is 4.90 Å². The van der Waals surface area contributed by atoms with Crippen molar-refractivity contribution in [3.8, 4) is 5.75 Å². The van der Waals surface area contributed by atoms with Gasteiger partial charge in [-0.2, -0.15) is 0 Å². The number of rotatable bonds is 6. The molecule has 2 fully saturated rings. The van der Waals surface area contributed by atoms with Crippen LogP contribution in [0.3, 0.4) is 0 Å². The first kappa shape index (κ1) is 26.5. The monoisotopic (exact) mass is 515 g/mol. The van der Waals surface area contributed by atoms with Crippen LogP contribution in [0.2, 0.25) is 5.02 Å². The standard InChI is InChI=1S/C27H38ClN5O3/c1-5-20-17-29-25(30-18-20)32-10-8-22(9-11-32)35-24-7-6-21(16-23(24)28)19-31-12-14-33(15-13-31)26(34)36-27(2,3)4/h6-7,16-18,22H,5,8-15,19H2,1-4H3. The summed E-state index contributed by atoms with van der Waals surface area (Å²) in [7, 11) is 0. The van der Waals surface area contributed by atoms with E-state index >= 15 is 0 Å². The van der Waals surface area contributed by atoms with Crippen LogP contribution < -0.4 is 9.64 Å². The Morgan fingerprint density at radius 1 is 1.03 bits per heavy atom. The number of aryl methyl sites for hydroxylation is 1. The van der Waals surface area contributed by atoms with Crippen molar-refractivity contribution in [3.63, 3.8) is 0 Å². The smallest absolute Gasteiger partial charge is 0.410 e. The van der Waals surface area contributed by atoms with E-state index in [2.05, 4.69) is 32.8 Å². The molecule has 0 unspecified atom stereocenters. The number of hydrogen-bond donors (Lipinski definition) is 0. The number of halogens is 1. The third-order valence-corrected chi connectivity index (χ3v) is 6.84. The minimum Gasteiger partial charge on any atom is -0.489 e. The van der Waals surface area contributed by atoms with Crippen molar-refractivity contribution in [1.29, 1.82) is 0 Å². The van der Waals surface area contributed by atoms with Crippen molar-refractivity contribution in [2.45, 2.75) is 65.2 Å². The average Bonchev–Trinajstić information content (AvgIpc) is 2.86. The van der Waals surface area contributed by atoms with Gasteiger partial charge in [-0.25, -0.2) is 14.8 Å². The van der Waals surface area contributed by atoms with E-state index in [9.17, 15) is 4.79 Å². The molecule has 0 spiro atoms. The normalized spacial score (nSPS) is 17.8. The van der Waals surface area contributed by atoms with Gasteiger partial charge in [0.05, 0.1) is 5.02 Å². The van der Waals surface area contributed by atoms with Crippen LogP contribution in [0.25, 0.3) is 0 Å². The minimum absolute atomic E-state index is 0.125. The van der Waals surface area contributed by atoms with Gasteiger partial charge in [0.15, 0.2) is 0 Å². The highest BCUT2D eigenvalue weighted by molar-refractivity contribution is 6.32.